The first kappa shape index (κ1) is 11.9. The highest BCUT2D eigenvalue weighted by atomic mass is 32.1. The lowest BCUT2D eigenvalue weighted by molar-refractivity contribution is 0.0740. The molecule has 0 unspecified atom stereocenters. The fourth-order valence-electron chi connectivity index (χ4n) is 2.44. The molecule has 18 heavy (non-hydrogen) atoms. The van der Waals surface area contributed by atoms with Crippen molar-refractivity contribution in [2.24, 2.45) is 0 Å². The van der Waals surface area contributed by atoms with Crippen LogP contribution < -0.4 is 10.2 Å². The van der Waals surface area contributed by atoms with E-state index >= 15 is 0 Å². The van der Waals surface area contributed by atoms with Crippen LogP contribution in [0.25, 0.3) is 0 Å². The Hall–Kier alpha value is -1.14. The summed E-state index contributed by atoms with van der Waals surface area (Å²) >= 11 is 1.54. The molecular formula is C12H18N4OS. The van der Waals surface area contributed by atoms with Gasteiger partial charge in [-0.15, -0.1) is 0 Å². The van der Waals surface area contributed by atoms with Crippen LogP contribution in [0.15, 0.2) is 6.20 Å². The predicted octanol–water partition coefficient (Wildman–Crippen LogP) is 0.789. The largest absolute Gasteiger partial charge is 0.348 e. The van der Waals surface area contributed by atoms with E-state index in [1.807, 2.05) is 4.90 Å². The molecule has 5 nitrogen and oxygen atoms in total. The molecule has 2 saturated heterocycles. The van der Waals surface area contributed by atoms with E-state index in [1.54, 1.807) is 6.20 Å². The molecule has 0 atom stereocenters. The SMILES string of the molecule is O=C(c1cnc(N2CCCC2)s1)N1CCNCC1. The number of carbonyl (C=O) groups excluding carboxylic acids is 1. The predicted molar refractivity (Wildman–Crippen MR) is 72.3 cm³/mol. The smallest absolute Gasteiger partial charge is 0.265 e. The summed E-state index contributed by atoms with van der Waals surface area (Å²) in [7, 11) is 0. The first-order valence-corrected chi connectivity index (χ1v) is 7.37. The van der Waals surface area contributed by atoms with Gasteiger partial charge in [0.25, 0.3) is 5.91 Å². The summed E-state index contributed by atoms with van der Waals surface area (Å²) in [5.74, 6) is 0.138. The van der Waals surface area contributed by atoms with Crippen LogP contribution in [0.4, 0.5) is 5.13 Å². The molecule has 0 saturated carbocycles. The molecule has 1 N–H and O–H groups in total. The first-order valence-electron chi connectivity index (χ1n) is 6.55. The number of anilines is 1. The van der Waals surface area contributed by atoms with Crippen molar-refractivity contribution in [3.05, 3.63) is 11.1 Å². The van der Waals surface area contributed by atoms with Crippen molar-refractivity contribution in [1.29, 1.82) is 0 Å². The summed E-state index contributed by atoms with van der Waals surface area (Å²) in [6.07, 6.45) is 4.21. The molecule has 0 radical (unpaired) electrons. The Kier molecular flexibility index (Phi) is 3.47. The number of nitrogens with one attached hydrogen (secondary N) is 1. The van der Waals surface area contributed by atoms with E-state index in [1.165, 1.54) is 24.2 Å². The number of piperazine rings is 1. The van der Waals surface area contributed by atoms with Crippen LogP contribution in [-0.4, -0.2) is 55.1 Å². The number of hydrogen-bond donors (Lipinski definition) is 1. The zero-order valence-corrected chi connectivity index (χ0v) is 11.2. The fraction of sp³-hybridized carbons (Fsp3) is 0.667. The van der Waals surface area contributed by atoms with Crippen molar-refractivity contribution >= 4 is 22.4 Å². The maximum atomic E-state index is 12.3. The van der Waals surface area contributed by atoms with Gasteiger partial charge in [0.15, 0.2) is 5.13 Å². The standard InChI is InChI=1S/C12H18N4OS/c17-11(15-7-3-13-4-8-15)10-9-14-12(18-10)16-5-1-2-6-16/h9,13H,1-8H2. The third-order valence-corrected chi connectivity index (χ3v) is 4.53. The maximum Gasteiger partial charge on any atom is 0.265 e. The van der Waals surface area contributed by atoms with E-state index in [4.69, 9.17) is 0 Å². The van der Waals surface area contributed by atoms with Crippen LogP contribution in [-0.2, 0) is 0 Å². The zero-order valence-electron chi connectivity index (χ0n) is 10.4. The lowest BCUT2D eigenvalue weighted by Gasteiger charge is -2.26. The number of amides is 1. The summed E-state index contributed by atoms with van der Waals surface area (Å²) in [6, 6.07) is 0. The number of nitrogens with zero attached hydrogens (tertiary/aromatic N) is 3. The fourth-order valence-corrected chi connectivity index (χ4v) is 3.38. The van der Waals surface area contributed by atoms with Gasteiger partial charge in [-0.2, -0.15) is 0 Å². The molecular weight excluding hydrogens is 248 g/mol. The van der Waals surface area contributed by atoms with Gasteiger partial charge in [-0.25, -0.2) is 4.98 Å². The molecule has 3 rings (SSSR count). The van der Waals surface area contributed by atoms with Gasteiger partial charge in [-0.05, 0) is 12.8 Å². The van der Waals surface area contributed by atoms with Crippen molar-refractivity contribution < 1.29 is 4.79 Å². The van der Waals surface area contributed by atoms with Crippen molar-refractivity contribution in [3.8, 4) is 0 Å². The third kappa shape index (κ3) is 2.35. The Bertz CT molecular complexity index is 421. The monoisotopic (exact) mass is 266 g/mol. The van der Waals surface area contributed by atoms with Crippen molar-refractivity contribution in [2.45, 2.75) is 12.8 Å². The molecule has 0 aliphatic carbocycles. The van der Waals surface area contributed by atoms with E-state index in [0.717, 1.165) is 49.3 Å². The molecule has 2 aliphatic heterocycles. The molecule has 1 aromatic rings. The van der Waals surface area contributed by atoms with Crippen molar-refractivity contribution in [3.63, 3.8) is 0 Å². The van der Waals surface area contributed by atoms with E-state index < -0.39 is 0 Å². The van der Waals surface area contributed by atoms with Crippen LogP contribution in [0.5, 0.6) is 0 Å². The van der Waals surface area contributed by atoms with Gasteiger partial charge >= 0.3 is 0 Å². The second-order valence-electron chi connectivity index (χ2n) is 4.74. The molecule has 0 aromatic carbocycles. The van der Waals surface area contributed by atoms with Gasteiger partial charge in [0, 0.05) is 39.3 Å². The van der Waals surface area contributed by atoms with Crippen LogP contribution in [0, 0.1) is 0 Å². The van der Waals surface area contributed by atoms with Gasteiger partial charge in [-0.1, -0.05) is 11.3 Å². The average Bonchev–Trinajstić information content (AvgIpc) is 3.09. The average molecular weight is 266 g/mol. The maximum absolute atomic E-state index is 12.3. The molecule has 1 amide bonds. The second kappa shape index (κ2) is 5.24. The Labute approximate surface area is 111 Å². The van der Waals surface area contributed by atoms with Gasteiger partial charge in [0.2, 0.25) is 0 Å². The van der Waals surface area contributed by atoms with Crippen LogP contribution in [0.1, 0.15) is 22.5 Å². The summed E-state index contributed by atoms with van der Waals surface area (Å²) in [5.41, 5.74) is 0. The third-order valence-electron chi connectivity index (χ3n) is 3.49. The zero-order chi connectivity index (χ0) is 12.4. The van der Waals surface area contributed by atoms with Gasteiger partial charge in [0.1, 0.15) is 4.88 Å². The number of carbonyl (C=O) groups is 1. The Morgan fingerprint density at radius 2 is 1.94 bits per heavy atom. The van der Waals surface area contributed by atoms with E-state index in [-0.39, 0.29) is 5.91 Å². The number of thiazole rings is 1. The summed E-state index contributed by atoms with van der Waals surface area (Å²) in [5, 5.41) is 4.26. The number of rotatable bonds is 2. The molecule has 3 heterocycles. The highest BCUT2D eigenvalue weighted by Crippen LogP contribution is 2.26. The van der Waals surface area contributed by atoms with Crippen LogP contribution in [0.2, 0.25) is 0 Å². The molecule has 2 aliphatic rings. The minimum atomic E-state index is 0.138. The quantitative estimate of drug-likeness (QED) is 0.860. The van der Waals surface area contributed by atoms with Gasteiger partial charge < -0.3 is 15.1 Å². The molecule has 0 spiro atoms. The van der Waals surface area contributed by atoms with Crippen molar-refractivity contribution in [1.82, 2.24) is 15.2 Å². The van der Waals surface area contributed by atoms with Gasteiger partial charge in [-0.3, -0.25) is 4.79 Å². The molecule has 0 bridgehead atoms. The molecule has 2 fully saturated rings. The highest BCUT2D eigenvalue weighted by molar-refractivity contribution is 7.17. The highest BCUT2D eigenvalue weighted by Gasteiger charge is 2.22. The first-order chi connectivity index (χ1) is 8.84. The topological polar surface area (TPSA) is 48.5 Å². The van der Waals surface area contributed by atoms with Gasteiger partial charge in [0.05, 0.1) is 6.20 Å². The van der Waals surface area contributed by atoms with E-state index in [2.05, 4.69) is 15.2 Å². The van der Waals surface area contributed by atoms with E-state index in [0.29, 0.717) is 0 Å². The normalized spacial score (nSPS) is 20.4. The number of hydrogen-bond acceptors (Lipinski definition) is 5. The Morgan fingerprint density at radius 3 is 2.67 bits per heavy atom. The number of aromatic nitrogens is 1. The van der Waals surface area contributed by atoms with E-state index in [9.17, 15) is 4.79 Å². The Balaban J connectivity index is 1.69. The lowest BCUT2D eigenvalue weighted by atomic mass is 10.3. The molecule has 98 valence electrons. The minimum Gasteiger partial charge on any atom is -0.348 e. The van der Waals surface area contributed by atoms with Crippen LogP contribution >= 0.6 is 11.3 Å². The molecule has 6 heteroatoms. The van der Waals surface area contributed by atoms with Crippen LogP contribution in [0.3, 0.4) is 0 Å². The molecule has 1 aromatic heterocycles. The summed E-state index contributed by atoms with van der Waals surface area (Å²) < 4.78 is 0. The summed E-state index contributed by atoms with van der Waals surface area (Å²) in [6.45, 7) is 5.54. The van der Waals surface area contributed by atoms with Crippen molar-refractivity contribution in [2.75, 3.05) is 44.2 Å². The minimum absolute atomic E-state index is 0.138. The second-order valence-corrected chi connectivity index (χ2v) is 5.75. The lowest BCUT2D eigenvalue weighted by Crippen LogP contribution is -2.46. The Morgan fingerprint density at radius 1 is 1.22 bits per heavy atom. The summed E-state index contributed by atoms with van der Waals surface area (Å²) in [4.78, 5) is 21.6.